The average molecular weight is 1340 g/mol. The highest BCUT2D eigenvalue weighted by Crippen LogP contribution is 2.46. The number of aryl methyl sites for hydroxylation is 1. The number of esters is 1. The van der Waals surface area contributed by atoms with Gasteiger partial charge in [-0.05, 0) is 114 Å². The minimum absolute atomic E-state index is 0.0000975. The molecule has 1 aliphatic carbocycles. The van der Waals surface area contributed by atoms with Crippen molar-refractivity contribution in [3.05, 3.63) is 103 Å². The zero-order chi connectivity index (χ0) is 69.7. The Balaban J connectivity index is 0.870. The van der Waals surface area contributed by atoms with E-state index in [0.29, 0.717) is 65.3 Å². The molecule has 29 nitrogen and oxygen atoms in total. The van der Waals surface area contributed by atoms with E-state index in [9.17, 15) is 73.5 Å². The molecule has 10 N–H and O–H groups in total. The molecule has 4 aromatic rings. The van der Waals surface area contributed by atoms with Gasteiger partial charge in [0.15, 0.2) is 11.7 Å². The van der Waals surface area contributed by atoms with E-state index in [0.717, 1.165) is 4.90 Å². The highest BCUT2D eigenvalue weighted by molar-refractivity contribution is 6.12. The second-order valence-electron chi connectivity index (χ2n) is 25.6. The smallest absolute Gasteiger partial charge is 0.407 e. The Morgan fingerprint density at radius 3 is 2.30 bits per heavy atom. The number of nitrogens with one attached hydrogen (secondary N) is 5. The Morgan fingerprint density at radius 2 is 1.59 bits per heavy atom. The Kier molecular flexibility index (Phi) is 22.1. The summed E-state index contributed by atoms with van der Waals surface area (Å²) in [6.45, 7) is 9.19. The number of nitrogens with zero attached hydrogens (tertiary/aromatic N) is 3. The number of ether oxygens (including phenoxy) is 6. The first-order valence-corrected chi connectivity index (χ1v) is 31.7. The highest BCUT2D eigenvalue weighted by Gasteiger charge is 2.49. The lowest BCUT2D eigenvalue weighted by molar-refractivity contribution is -0.271. The fraction of sp³-hybridized carbons (Fsp3) is 0.530. The number of halogens is 1. The number of fused-ring (bicyclic) bond motifs is 5. The predicted molar refractivity (Wildman–Crippen MR) is 334 cm³/mol. The fourth-order valence-corrected chi connectivity index (χ4v) is 12.1. The van der Waals surface area contributed by atoms with Crippen molar-refractivity contribution in [2.75, 3.05) is 33.4 Å². The molecule has 0 radical (unpaired) electrons. The van der Waals surface area contributed by atoms with Crippen molar-refractivity contribution in [3.63, 3.8) is 0 Å². The van der Waals surface area contributed by atoms with Gasteiger partial charge in [0.2, 0.25) is 29.9 Å². The van der Waals surface area contributed by atoms with Gasteiger partial charge in [-0.25, -0.2) is 23.8 Å². The van der Waals surface area contributed by atoms with Gasteiger partial charge in [-0.2, -0.15) is 0 Å². The van der Waals surface area contributed by atoms with Crippen LogP contribution < -0.4 is 36.9 Å². The lowest BCUT2D eigenvalue weighted by Crippen LogP contribution is -2.61. The summed E-state index contributed by atoms with van der Waals surface area (Å²) >= 11 is 0. The van der Waals surface area contributed by atoms with E-state index in [2.05, 4.69) is 26.6 Å². The number of rotatable bonds is 29. The van der Waals surface area contributed by atoms with E-state index >= 15 is 4.39 Å². The van der Waals surface area contributed by atoms with Crippen LogP contribution in [-0.4, -0.2) is 175 Å². The third kappa shape index (κ3) is 15.9. The zero-order valence-electron chi connectivity index (χ0n) is 54.3. The number of carbonyl (C=O) groups excluding carboxylic acids is 8. The molecule has 7 amide bonds. The normalized spacial score (nSPS) is 21.4. The molecular formula is C66H81FN8O21. The van der Waals surface area contributed by atoms with Crippen LogP contribution in [0.4, 0.5) is 9.18 Å². The third-order valence-corrected chi connectivity index (χ3v) is 18.0. The van der Waals surface area contributed by atoms with Crippen LogP contribution in [0.1, 0.15) is 143 Å². The number of carboxylic acid groups (broad SMARTS) is 1. The van der Waals surface area contributed by atoms with Crippen LogP contribution in [0.25, 0.3) is 22.3 Å². The number of aliphatic hydroxyl groups is 4. The van der Waals surface area contributed by atoms with Crippen molar-refractivity contribution >= 4 is 64.4 Å². The van der Waals surface area contributed by atoms with Crippen LogP contribution in [0, 0.1) is 12.7 Å². The zero-order valence-corrected chi connectivity index (χ0v) is 54.3. The van der Waals surface area contributed by atoms with Crippen molar-refractivity contribution < 1.29 is 101 Å². The number of aliphatic carboxylic acids is 1. The number of imide groups is 1. The van der Waals surface area contributed by atoms with Gasteiger partial charge >= 0.3 is 18.0 Å². The van der Waals surface area contributed by atoms with Gasteiger partial charge in [-0.1, -0.05) is 19.4 Å². The average Bonchev–Trinajstić information content (AvgIpc) is 1.56. The highest BCUT2D eigenvalue weighted by atomic mass is 19.1. The standard InChI is InChI=1S/C66H81FN8O21/c1-8-66(90)39-25-44-53-37(29-75(44)59(85)38(39)31-92-62(66)88)52-41(15-14-36-33(2)40(67)26-42(72-53)51(36)52)73-63(89)93-30-34-13-16-45(95-61-56(83)54(81)55(82)57(96-61)60(86)87)35(24-34)27-69-47(77)20-22-68-58(84)43(28-70-46(76)19-21-64(3,4)94-32-65(5,6)91-7)71-48(78)12-10-9-11-23-74-49(79)17-18-50(74)80/h13,16-18,24-26,41,43,54-57,61,81-83,90H,8-12,14-15,19-23,27-32H2,1-7H3,(H,68,84)(H,69,77)(H,70,76)(H,71,78)(H,73,89)(H,86,87). The quantitative estimate of drug-likeness (QED) is 0.0186. The van der Waals surface area contributed by atoms with E-state index in [1.54, 1.807) is 21.0 Å². The molecular weight excluding hydrogens is 1260 g/mol. The Hall–Kier alpha value is -8.78. The second kappa shape index (κ2) is 29.7. The summed E-state index contributed by atoms with van der Waals surface area (Å²) in [6, 6.07) is 4.94. The number of aromatic nitrogens is 2. The number of cyclic esters (lactones) is 1. The number of amides is 7. The van der Waals surface area contributed by atoms with Gasteiger partial charge < -0.3 is 85.1 Å². The molecule has 4 aliphatic heterocycles. The largest absolute Gasteiger partial charge is 0.479 e. The van der Waals surface area contributed by atoms with Crippen molar-refractivity contribution in [1.29, 1.82) is 0 Å². The van der Waals surface area contributed by atoms with Crippen molar-refractivity contribution in [2.45, 2.75) is 192 Å². The van der Waals surface area contributed by atoms with E-state index in [4.69, 9.17) is 33.4 Å². The van der Waals surface area contributed by atoms with Crippen LogP contribution in [0.15, 0.2) is 47.3 Å². The third-order valence-electron chi connectivity index (χ3n) is 18.0. The van der Waals surface area contributed by atoms with Gasteiger partial charge in [0, 0.05) is 92.8 Å². The molecule has 518 valence electrons. The van der Waals surface area contributed by atoms with E-state index < -0.39 is 131 Å². The molecule has 30 heteroatoms. The molecule has 9 rings (SSSR count). The predicted octanol–water partition coefficient (Wildman–Crippen LogP) is 1.92. The molecule has 2 aromatic carbocycles. The summed E-state index contributed by atoms with van der Waals surface area (Å²) in [5.74, 6) is -6.44. The molecule has 1 fully saturated rings. The number of unbranched alkanes of at least 4 members (excludes halogenated alkanes) is 2. The van der Waals surface area contributed by atoms with Crippen molar-refractivity contribution in [3.8, 4) is 17.1 Å². The van der Waals surface area contributed by atoms with Crippen LogP contribution in [-0.2, 0) is 100 Å². The molecule has 5 aliphatic rings. The van der Waals surface area contributed by atoms with E-state index in [1.165, 1.54) is 47.1 Å². The maximum absolute atomic E-state index is 15.6. The maximum Gasteiger partial charge on any atom is 0.407 e. The number of carbonyl (C=O) groups is 9. The molecule has 96 heavy (non-hydrogen) atoms. The number of pyridine rings is 2. The lowest BCUT2D eigenvalue weighted by atomic mass is 9.81. The first-order chi connectivity index (χ1) is 45.4. The summed E-state index contributed by atoms with van der Waals surface area (Å²) in [5.41, 5.74) is -0.386. The molecule has 6 heterocycles. The molecule has 2 aromatic heterocycles. The van der Waals surface area contributed by atoms with Gasteiger partial charge in [-0.3, -0.25) is 38.5 Å². The first-order valence-electron chi connectivity index (χ1n) is 31.7. The maximum atomic E-state index is 15.6. The number of hydrogen-bond acceptors (Lipinski definition) is 21. The van der Waals surface area contributed by atoms with Crippen LogP contribution in [0.2, 0.25) is 0 Å². The summed E-state index contributed by atoms with van der Waals surface area (Å²) in [5, 5.41) is 67.2. The monoisotopic (exact) mass is 1340 g/mol. The molecule has 0 spiro atoms. The number of benzene rings is 2. The number of alkyl carbamates (subject to hydrolysis) is 1. The number of aliphatic hydroxyl groups excluding tert-OH is 3. The summed E-state index contributed by atoms with van der Waals surface area (Å²) in [4.78, 5) is 137. The van der Waals surface area contributed by atoms with Crippen LogP contribution >= 0.6 is 0 Å². The summed E-state index contributed by atoms with van der Waals surface area (Å²) in [6.07, 6.45) is -6.91. The Labute approximate surface area is 550 Å². The number of methoxy groups -OCH3 is 1. The molecule has 0 bridgehead atoms. The van der Waals surface area contributed by atoms with Gasteiger partial charge in [0.1, 0.15) is 49.1 Å². The van der Waals surface area contributed by atoms with Crippen LogP contribution in [0.5, 0.6) is 5.75 Å². The number of hydrogen-bond donors (Lipinski definition) is 10. The summed E-state index contributed by atoms with van der Waals surface area (Å²) in [7, 11) is 1.56. The first kappa shape index (κ1) is 71.5. The SMILES string of the molecule is CCC1(O)C(=O)OCc2c1cc1n(c2=O)Cc2c-1nc1cc(F)c(C)c3c1c2C(NC(=O)OCc1ccc(OC2OC(C(=O)O)C(O)C(O)C2O)c(CNC(=O)CCNC(=O)C(CNC(=O)CCC(C)(C)OCC(C)(C)OC)NC(=O)CCCCCN2C(=O)C=CC2=O)c1)CC3. The van der Waals surface area contributed by atoms with Gasteiger partial charge in [0.25, 0.3) is 17.4 Å². The van der Waals surface area contributed by atoms with Crippen molar-refractivity contribution in [2.24, 2.45) is 0 Å². The number of carboxylic acids is 1. The Bertz CT molecular complexity index is 3820. The topological polar surface area (TPSA) is 408 Å². The molecule has 8 atom stereocenters. The lowest BCUT2D eigenvalue weighted by Gasteiger charge is -2.38. The van der Waals surface area contributed by atoms with Crippen LogP contribution in [0.3, 0.4) is 0 Å². The molecule has 8 unspecified atom stereocenters. The Morgan fingerprint density at radius 1 is 0.865 bits per heavy atom. The minimum atomic E-state index is -2.11. The fourth-order valence-electron chi connectivity index (χ4n) is 12.1. The summed E-state index contributed by atoms with van der Waals surface area (Å²) < 4.78 is 50.8. The minimum Gasteiger partial charge on any atom is -0.479 e. The van der Waals surface area contributed by atoms with E-state index in [1.807, 2.05) is 27.7 Å². The molecule has 1 saturated heterocycles. The second-order valence-corrected chi connectivity index (χ2v) is 25.6. The van der Waals surface area contributed by atoms with Gasteiger partial charge in [0.05, 0.1) is 52.9 Å². The molecule has 0 saturated carbocycles. The van der Waals surface area contributed by atoms with Crippen molar-refractivity contribution in [1.82, 2.24) is 41.0 Å². The van der Waals surface area contributed by atoms with Gasteiger partial charge in [-0.15, -0.1) is 0 Å². The van der Waals surface area contributed by atoms with E-state index in [-0.39, 0.29) is 117 Å².